The number of fused-ring (bicyclic) bond motifs is 1. The van der Waals surface area contributed by atoms with Crippen molar-refractivity contribution in [2.45, 2.75) is 52.7 Å². The van der Waals surface area contributed by atoms with Crippen molar-refractivity contribution in [1.29, 1.82) is 0 Å². The molecule has 0 bridgehead atoms. The monoisotopic (exact) mass is 402 g/mol. The largest absolute Gasteiger partial charge is 0.444 e. The minimum absolute atomic E-state index is 0.0512. The second-order valence-corrected chi connectivity index (χ2v) is 8.66. The lowest BCUT2D eigenvalue weighted by Crippen LogP contribution is -2.46. The third-order valence-electron chi connectivity index (χ3n) is 5.01. The van der Waals surface area contributed by atoms with Crippen LogP contribution < -0.4 is 0 Å². The average molecular weight is 402 g/mol. The number of imide groups is 1. The van der Waals surface area contributed by atoms with Crippen molar-refractivity contribution in [3.05, 3.63) is 35.4 Å². The van der Waals surface area contributed by atoms with E-state index in [9.17, 15) is 19.2 Å². The van der Waals surface area contributed by atoms with Crippen molar-refractivity contribution in [2.24, 2.45) is 11.8 Å². The number of amides is 3. The summed E-state index contributed by atoms with van der Waals surface area (Å²) in [4.78, 5) is 57.1. The van der Waals surface area contributed by atoms with E-state index in [-0.39, 0.29) is 17.0 Å². The van der Waals surface area contributed by atoms with Gasteiger partial charge >= 0.3 is 12.1 Å². The van der Waals surface area contributed by atoms with Gasteiger partial charge in [0.1, 0.15) is 5.60 Å². The van der Waals surface area contributed by atoms with E-state index in [2.05, 4.69) is 0 Å². The number of carbonyl (C=O) groups is 4. The lowest BCUT2D eigenvalue weighted by Gasteiger charge is -2.32. The van der Waals surface area contributed by atoms with Gasteiger partial charge < -0.3 is 14.5 Å². The molecule has 3 amide bonds. The van der Waals surface area contributed by atoms with E-state index < -0.39 is 41.4 Å². The smallest absolute Gasteiger partial charge is 0.410 e. The van der Waals surface area contributed by atoms with Crippen molar-refractivity contribution < 1.29 is 28.8 Å². The molecule has 2 aliphatic rings. The third kappa shape index (κ3) is 3.97. The molecule has 1 aromatic rings. The van der Waals surface area contributed by atoms with Crippen LogP contribution in [0.25, 0.3) is 0 Å². The van der Waals surface area contributed by atoms with Gasteiger partial charge in [-0.2, -0.15) is 0 Å². The number of carbonyl (C=O) groups excluding carboxylic acids is 4. The van der Waals surface area contributed by atoms with Crippen molar-refractivity contribution in [2.75, 3.05) is 6.54 Å². The van der Waals surface area contributed by atoms with Crippen molar-refractivity contribution >= 4 is 23.9 Å². The second kappa shape index (κ2) is 7.50. The molecule has 0 spiro atoms. The van der Waals surface area contributed by atoms with Crippen LogP contribution in [0.4, 0.5) is 4.79 Å². The zero-order valence-electron chi connectivity index (χ0n) is 17.3. The summed E-state index contributed by atoms with van der Waals surface area (Å²) in [6, 6.07) is 5.85. The van der Waals surface area contributed by atoms with Crippen LogP contribution in [0.15, 0.2) is 24.3 Å². The number of rotatable bonds is 3. The maximum absolute atomic E-state index is 12.9. The minimum atomic E-state index is -0.704. The normalized spacial score (nSPS) is 21.6. The molecule has 3 rings (SSSR count). The Kier molecular flexibility index (Phi) is 5.38. The Labute approximate surface area is 169 Å². The highest BCUT2D eigenvalue weighted by molar-refractivity contribution is 6.20. The predicted octanol–water partition coefficient (Wildman–Crippen LogP) is 3.02. The molecule has 1 aromatic carbocycles. The molecule has 156 valence electrons. The summed E-state index contributed by atoms with van der Waals surface area (Å²) in [5.41, 5.74) is -0.253. The van der Waals surface area contributed by atoms with Gasteiger partial charge in [-0.25, -0.2) is 9.59 Å². The van der Waals surface area contributed by atoms with Gasteiger partial charge in [0.15, 0.2) is 0 Å². The number of likely N-dealkylation sites (tertiary alicyclic amines) is 1. The molecule has 0 aliphatic carbocycles. The molecule has 1 fully saturated rings. The summed E-state index contributed by atoms with van der Waals surface area (Å²) < 4.78 is 5.46. The molecular formula is C21H26N2O6. The molecule has 0 radical (unpaired) electrons. The van der Waals surface area contributed by atoms with E-state index in [1.807, 2.05) is 13.8 Å². The topological polar surface area (TPSA) is 93.2 Å². The van der Waals surface area contributed by atoms with Crippen LogP contribution in [-0.2, 0) is 14.4 Å². The van der Waals surface area contributed by atoms with Gasteiger partial charge in [-0.3, -0.25) is 9.59 Å². The molecule has 2 atom stereocenters. The predicted molar refractivity (Wildman–Crippen MR) is 103 cm³/mol. The number of ether oxygens (including phenoxy) is 1. The van der Waals surface area contributed by atoms with E-state index >= 15 is 0 Å². The number of hydrogen-bond donors (Lipinski definition) is 0. The molecule has 0 saturated carbocycles. The Morgan fingerprint density at radius 1 is 1.07 bits per heavy atom. The van der Waals surface area contributed by atoms with Gasteiger partial charge in [-0.05, 0) is 45.2 Å². The minimum Gasteiger partial charge on any atom is -0.444 e. The standard InChI is InChI=1S/C21H26N2O6/c1-12(2)16-15(10-11-22(16)20(27)28-21(3,4)5)19(26)29-23-17(24)13-8-6-7-9-14(13)18(23)25/h6-9,12,15-16H,10-11H2,1-5H3. The van der Waals surface area contributed by atoms with Crippen LogP contribution in [0.2, 0.25) is 0 Å². The molecule has 1 saturated heterocycles. The van der Waals surface area contributed by atoms with Crippen molar-refractivity contribution in [1.82, 2.24) is 9.96 Å². The lowest BCUT2D eigenvalue weighted by atomic mass is 9.91. The van der Waals surface area contributed by atoms with Crippen LogP contribution in [-0.4, -0.2) is 52.0 Å². The van der Waals surface area contributed by atoms with E-state index in [0.717, 1.165) is 0 Å². The summed E-state index contributed by atoms with van der Waals surface area (Å²) >= 11 is 0. The molecule has 29 heavy (non-hydrogen) atoms. The van der Waals surface area contributed by atoms with Crippen LogP contribution in [0.1, 0.15) is 61.8 Å². The summed E-state index contributed by atoms with van der Waals surface area (Å²) in [6.07, 6.45) is -0.128. The fraction of sp³-hybridized carbons (Fsp3) is 0.524. The number of hydroxylamine groups is 2. The van der Waals surface area contributed by atoms with Crippen LogP contribution in [0.3, 0.4) is 0 Å². The molecule has 8 heteroatoms. The Hall–Kier alpha value is -2.90. The quantitative estimate of drug-likeness (QED) is 0.722. The Morgan fingerprint density at radius 2 is 1.62 bits per heavy atom. The maximum Gasteiger partial charge on any atom is 0.410 e. The summed E-state index contributed by atoms with van der Waals surface area (Å²) in [5, 5.41) is 0.514. The van der Waals surface area contributed by atoms with Crippen molar-refractivity contribution in [3.8, 4) is 0 Å². The summed E-state index contributed by atoms with van der Waals surface area (Å²) in [6.45, 7) is 9.46. The zero-order valence-corrected chi connectivity index (χ0v) is 17.3. The number of nitrogens with zero attached hydrogens (tertiary/aromatic N) is 2. The SMILES string of the molecule is CC(C)C1C(C(=O)ON2C(=O)c3ccccc3C2=O)CCN1C(=O)OC(C)(C)C. The third-order valence-corrected chi connectivity index (χ3v) is 5.01. The first-order valence-corrected chi connectivity index (χ1v) is 9.70. The van der Waals surface area contributed by atoms with Crippen LogP contribution >= 0.6 is 0 Å². The van der Waals surface area contributed by atoms with Crippen LogP contribution in [0.5, 0.6) is 0 Å². The average Bonchev–Trinajstić information content (AvgIpc) is 3.17. The molecule has 2 unspecified atom stereocenters. The molecule has 2 heterocycles. The van der Waals surface area contributed by atoms with Gasteiger partial charge in [0.2, 0.25) is 0 Å². The highest BCUT2D eigenvalue weighted by Crippen LogP contribution is 2.33. The molecule has 0 N–H and O–H groups in total. The van der Waals surface area contributed by atoms with Gasteiger partial charge in [-0.1, -0.05) is 31.0 Å². The maximum atomic E-state index is 12.9. The Bertz CT molecular complexity index is 822. The van der Waals surface area contributed by atoms with Gasteiger partial charge in [0.25, 0.3) is 11.8 Å². The highest BCUT2D eigenvalue weighted by Gasteiger charge is 2.47. The van der Waals surface area contributed by atoms with Gasteiger partial charge in [0.05, 0.1) is 23.1 Å². The van der Waals surface area contributed by atoms with Gasteiger partial charge in [-0.15, -0.1) is 0 Å². The Morgan fingerprint density at radius 3 is 2.10 bits per heavy atom. The fourth-order valence-electron chi connectivity index (χ4n) is 3.84. The number of hydrogen-bond acceptors (Lipinski definition) is 6. The van der Waals surface area contributed by atoms with Gasteiger partial charge in [0, 0.05) is 6.54 Å². The first-order chi connectivity index (χ1) is 13.5. The van der Waals surface area contributed by atoms with E-state index in [1.165, 1.54) is 17.0 Å². The number of benzene rings is 1. The molecule has 0 aromatic heterocycles. The first-order valence-electron chi connectivity index (χ1n) is 9.70. The van der Waals surface area contributed by atoms with E-state index in [0.29, 0.717) is 18.0 Å². The Balaban J connectivity index is 1.75. The summed E-state index contributed by atoms with van der Waals surface area (Å²) in [7, 11) is 0. The second-order valence-electron chi connectivity index (χ2n) is 8.66. The van der Waals surface area contributed by atoms with Crippen LogP contribution in [0, 0.1) is 11.8 Å². The van der Waals surface area contributed by atoms with Crippen molar-refractivity contribution in [3.63, 3.8) is 0 Å². The molecule has 2 aliphatic heterocycles. The van der Waals surface area contributed by atoms with E-state index in [4.69, 9.17) is 9.57 Å². The lowest BCUT2D eigenvalue weighted by molar-refractivity contribution is -0.175. The fourth-order valence-corrected chi connectivity index (χ4v) is 3.84. The zero-order chi connectivity index (χ0) is 21.5. The van der Waals surface area contributed by atoms with E-state index in [1.54, 1.807) is 32.9 Å². The molecule has 8 nitrogen and oxygen atoms in total. The summed E-state index contributed by atoms with van der Waals surface area (Å²) in [5.74, 6) is -2.75. The highest BCUT2D eigenvalue weighted by atomic mass is 16.7. The molecular weight excluding hydrogens is 376 g/mol. The first kappa shape index (κ1) is 20.8.